The minimum absolute atomic E-state index is 0.00656. The van der Waals surface area contributed by atoms with Crippen LogP contribution in [-0.2, 0) is 14.8 Å². The van der Waals surface area contributed by atoms with Crippen molar-refractivity contribution in [1.82, 2.24) is 14.8 Å². The van der Waals surface area contributed by atoms with Crippen LogP contribution in [0.4, 0.5) is 13.2 Å². The summed E-state index contributed by atoms with van der Waals surface area (Å²) in [7, 11) is -3.96. The molecule has 1 aliphatic carbocycles. The molecule has 1 aromatic heterocycles. The molecule has 1 amide bonds. The van der Waals surface area contributed by atoms with Gasteiger partial charge in [0.1, 0.15) is 16.7 Å². The van der Waals surface area contributed by atoms with Gasteiger partial charge < -0.3 is 14.9 Å². The van der Waals surface area contributed by atoms with E-state index in [-0.39, 0.29) is 23.2 Å². The van der Waals surface area contributed by atoms with Crippen molar-refractivity contribution in [3.05, 3.63) is 48.7 Å². The Kier molecular flexibility index (Phi) is 9.47. The molecule has 1 aromatic carbocycles. The maximum atomic E-state index is 13.3. The molecule has 37 heavy (non-hydrogen) atoms. The summed E-state index contributed by atoms with van der Waals surface area (Å²) in [5, 5.41) is 23.9. The summed E-state index contributed by atoms with van der Waals surface area (Å²) >= 11 is 0. The number of hydrogen-bond donors (Lipinski definition) is 4. The van der Waals surface area contributed by atoms with Crippen molar-refractivity contribution in [2.75, 3.05) is 6.54 Å². The lowest BCUT2D eigenvalue weighted by atomic mass is 9.71. The SMILES string of the molecule is O=C(NO)C1C2CCCCC2CCN1S(=O)(=O)c1ccc(Oc2ccccc2)nc1.OC(O)C(F)(F)F. The van der Waals surface area contributed by atoms with Gasteiger partial charge in [-0.1, -0.05) is 37.5 Å². The highest BCUT2D eigenvalue weighted by atomic mass is 32.2. The molecule has 2 aromatic rings. The predicted molar refractivity (Wildman–Crippen MR) is 123 cm³/mol. The molecule has 0 spiro atoms. The van der Waals surface area contributed by atoms with Gasteiger partial charge in [0.15, 0.2) is 0 Å². The molecular formula is C23H28F3N3O7S. The van der Waals surface area contributed by atoms with Gasteiger partial charge in [0.25, 0.3) is 12.2 Å². The molecule has 3 unspecified atom stereocenters. The van der Waals surface area contributed by atoms with E-state index in [1.54, 1.807) is 17.6 Å². The third-order valence-corrected chi connectivity index (χ3v) is 8.22. The number of nitrogens with one attached hydrogen (secondary N) is 1. The molecule has 14 heteroatoms. The number of carbonyl (C=O) groups is 1. The molecule has 1 aliphatic heterocycles. The van der Waals surface area contributed by atoms with Crippen LogP contribution in [0.3, 0.4) is 0 Å². The van der Waals surface area contributed by atoms with Crippen LogP contribution in [0.2, 0.25) is 0 Å². The average Bonchev–Trinajstić information content (AvgIpc) is 2.88. The first-order valence-electron chi connectivity index (χ1n) is 11.5. The zero-order valence-corrected chi connectivity index (χ0v) is 20.4. The standard InChI is InChI=1S/C21H25N3O5S.C2H3F3O2/c25-21(23-26)20-18-9-5-4-6-15(18)12-13-24(20)30(27,28)17-10-11-19(22-14-17)29-16-7-2-1-3-8-16;3-2(4,5)1(6)7/h1-3,7-8,10-11,14-15,18,20,26H,4-6,9,12-13H2,(H,23,25);1,6-7H. The number of aliphatic hydroxyl groups is 2. The maximum absolute atomic E-state index is 13.3. The molecule has 204 valence electrons. The van der Waals surface area contributed by atoms with Gasteiger partial charge in [0.05, 0.1) is 6.20 Å². The van der Waals surface area contributed by atoms with Crippen molar-refractivity contribution in [3.63, 3.8) is 0 Å². The number of nitrogens with zero attached hydrogens (tertiary/aromatic N) is 2. The number of carbonyl (C=O) groups excluding carboxylic acids is 1. The van der Waals surface area contributed by atoms with E-state index in [1.807, 2.05) is 18.2 Å². The van der Waals surface area contributed by atoms with Gasteiger partial charge in [0.2, 0.25) is 15.9 Å². The number of piperidine rings is 1. The van der Waals surface area contributed by atoms with Crippen LogP contribution >= 0.6 is 0 Å². The minimum Gasteiger partial charge on any atom is -0.439 e. The normalized spacial score (nSPS) is 22.4. The number of benzene rings is 1. The van der Waals surface area contributed by atoms with Gasteiger partial charge >= 0.3 is 6.18 Å². The lowest BCUT2D eigenvalue weighted by Gasteiger charge is -2.45. The van der Waals surface area contributed by atoms with Crippen LogP contribution in [-0.4, -0.2) is 64.1 Å². The first-order valence-corrected chi connectivity index (χ1v) is 13.0. The summed E-state index contributed by atoms with van der Waals surface area (Å²) in [4.78, 5) is 16.6. The van der Waals surface area contributed by atoms with Crippen molar-refractivity contribution in [1.29, 1.82) is 0 Å². The zero-order chi connectivity index (χ0) is 27.2. The zero-order valence-electron chi connectivity index (χ0n) is 19.6. The smallest absolute Gasteiger partial charge is 0.439 e. The van der Waals surface area contributed by atoms with E-state index in [1.165, 1.54) is 22.6 Å². The Balaban J connectivity index is 0.000000479. The second-order valence-corrected chi connectivity index (χ2v) is 10.6. The number of alkyl halides is 3. The second-order valence-electron chi connectivity index (χ2n) is 8.70. The van der Waals surface area contributed by atoms with E-state index in [2.05, 4.69) is 4.98 Å². The van der Waals surface area contributed by atoms with E-state index in [0.717, 1.165) is 25.7 Å². The van der Waals surface area contributed by atoms with E-state index in [4.69, 9.17) is 14.9 Å². The van der Waals surface area contributed by atoms with Crippen LogP contribution < -0.4 is 10.2 Å². The number of halogens is 3. The Bertz CT molecular complexity index is 1130. The topological polar surface area (TPSA) is 149 Å². The summed E-state index contributed by atoms with van der Waals surface area (Å²) in [6.45, 7) is 0.240. The summed E-state index contributed by atoms with van der Waals surface area (Å²) in [5.41, 5.74) is 1.68. The lowest BCUT2D eigenvalue weighted by molar-refractivity contribution is -0.275. The van der Waals surface area contributed by atoms with Crippen LogP contribution in [0.15, 0.2) is 53.6 Å². The number of sulfonamides is 1. The third-order valence-electron chi connectivity index (χ3n) is 6.36. The van der Waals surface area contributed by atoms with Crippen molar-refractivity contribution < 1.29 is 46.5 Å². The molecule has 4 rings (SSSR count). The fraction of sp³-hybridized carbons (Fsp3) is 0.478. The molecule has 1 saturated heterocycles. The van der Waals surface area contributed by atoms with Crippen molar-refractivity contribution in [2.24, 2.45) is 11.8 Å². The van der Waals surface area contributed by atoms with Crippen LogP contribution in [0.5, 0.6) is 11.6 Å². The van der Waals surface area contributed by atoms with E-state index < -0.39 is 34.4 Å². The molecule has 0 bridgehead atoms. The fourth-order valence-electron chi connectivity index (χ4n) is 4.64. The van der Waals surface area contributed by atoms with E-state index in [9.17, 15) is 31.6 Å². The van der Waals surface area contributed by atoms with E-state index >= 15 is 0 Å². The lowest BCUT2D eigenvalue weighted by Crippen LogP contribution is -2.58. The number of ether oxygens (including phenoxy) is 1. The molecule has 3 atom stereocenters. The summed E-state index contributed by atoms with van der Waals surface area (Å²) in [6, 6.07) is 11.1. The van der Waals surface area contributed by atoms with Crippen LogP contribution in [0.25, 0.3) is 0 Å². The molecular weight excluding hydrogens is 519 g/mol. The monoisotopic (exact) mass is 547 g/mol. The number of hydrogen-bond acceptors (Lipinski definition) is 8. The van der Waals surface area contributed by atoms with Crippen molar-refractivity contribution in [2.45, 2.75) is 55.5 Å². The van der Waals surface area contributed by atoms with Gasteiger partial charge in [-0.25, -0.2) is 18.9 Å². The molecule has 2 heterocycles. The molecule has 2 fully saturated rings. The largest absolute Gasteiger partial charge is 0.439 e. The third kappa shape index (κ3) is 7.17. The molecule has 0 radical (unpaired) electrons. The number of fused-ring (bicyclic) bond motifs is 1. The van der Waals surface area contributed by atoms with Crippen molar-refractivity contribution in [3.8, 4) is 11.6 Å². The highest BCUT2D eigenvalue weighted by molar-refractivity contribution is 7.89. The number of para-hydroxylation sites is 1. The Labute approximate surface area is 211 Å². The molecule has 10 nitrogen and oxygen atoms in total. The molecule has 1 saturated carbocycles. The van der Waals surface area contributed by atoms with Gasteiger partial charge in [-0.15, -0.1) is 0 Å². The number of hydroxylamine groups is 1. The van der Waals surface area contributed by atoms with Crippen molar-refractivity contribution >= 4 is 15.9 Å². The highest BCUT2D eigenvalue weighted by Gasteiger charge is 2.47. The minimum atomic E-state index is -4.89. The fourth-order valence-corrected chi connectivity index (χ4v) is 6.24. The van der Waals surface area contributed by atoms with Gasteiger partial charge in [-0.3, -0.25) is 10.0 Å². The van der Waals surface area contributed by atoms with Gasteiger partial charge in [-0.05, 0) is 42.9 Å². The first kappa shape index (κ1) is 28.8. The summed E-state index contributed by atoms with van der Waals surface area (Å²) in [5.74, 6) is 0.401. The quantitative estimate of drug-likeness (QED) is 0.254. The molecule has 2 aliphatic rings. The van der Waals surface area contributed by atoms with Gasteiger partial charge in [-0.2, -0.15) is 17.5 Å². The maximum Gasteiger partial charge on any atom is 0.439 e. The average molecular weight is 548 g/mol. The molecule has 4 N–H and O–H groups in total. The summed E-state index contributed by atoms with van der Waals surface area (Å²) < 4.78 is 65.6. The second kappa shape index (κ2) is 12.2. The Morgan fingerprint density at radius 2 is 1.73 bits per heavy atom. The number of aliphatic hydroxyl groups excluding tert-OH is 1. The highest BCUT2D eigenvalue weighted by Crippen LogP contribution is 2.41. The number of amides is 1. The Hall–Kier alpha value is -2.78. The number of rotatable bonds is 5. The summed E-state index contributed by atoms with van der Waals surface area (Å²) in [6.07, 6.45) is -2.33. The first-order chi connectivity index (χ1) is 17.4. The van der Waals surface area contributed by atoms with Crippen LogP contribution in [0.1, 0.15) is 32.1 Å². The predicted octanol–water partition coefficient (Wildman–Crippen LogP) is 2.81. The Morgan fingerprint density at radius 3 is 2.30 bits per heavy atom. The Morgan fingerprint density at radius 1 is 1.08 bits per heavy atom. The number of aromatic nitrogens is 1. The van der Waals surface area contributed by atoms with Gasteiger partial charge in [0, 0.05) is 12.6 Å². The number of pyridine rings is 1. The van der Waals surface area contributed by atoms with Crippen LogP contribution in [0, 0.1) is 11.8 Å². The van der Waals surface area contributed by atoms with E-state index in [0.29, 0.717) is 18.1 Å².